The average Bonchev–Trinajstić information content (AvgIpc) is 3.10. The topological polar surface area (TPSA) is 65.9 Å². The van der Waals surface area contributed by atoms with Crippen LogP contribution in [0.5, 0.6) is 0 Å². The van der Waals surface area contributed by atoms with Gasteiger partial charge in [-0.25, -0.2) is 8.42 Å². The van der Waals surface area contributed by atoms with Crippen LogP contribution in [0.2, 0.25) is 5.02 Å². The maximum atomic E-state index is 13.2. The van der Waals surface area contributed by atoms with Crippen LogP contribution in [-0.2, 0) is 16.6 Å². The molecule has 2 aliphatic heterocycles. The number of rotatable bonds is 4. The number of nitrogens with zero attached hydrogens (tertiary/aromatic N) is 4. The first-order valence-corrected chi connectivity index (χ1v) is 11.7. The smallest absolute Gasteiger partial charge is 0.270 e. The van der Waals surface area contributed by atoms with Crippen molar-refractivity contribution in [2.24, 2.45) is 0 Å². The first-order chi connectivity index (χ1) is 13.9. The van der Waals surface area contributed by atoms with Gasteiger partial charge in [-0.15, -0.1) is 0 Å². The number of amides is 1. The number of carbonyl (C=O) groups excluding carboxylic acids is 1. The maximum absolute atomic E-state index is 13.2. The molecule has 4 rings (SSSR count). The zero-order chi connectivity index (χ0) is 20.6. The van der Waals surface area contributed by atoms with Crippen LogP contribution >= 0.6 is 11.6 Å². The lowest BCUT2D eigenvalue weighted by atomic mass is 10.2. The van der Waals surface area contributed by atoms with Gasteiger partial charge >= 0.3 is 0 Å². The third-order valence-electron chi connectivity index (χ3n) is 5.64. The zero-order valence-electron chi connectivity index (χ0n) is 16.4. The molecule has 0 spiro atoms. The van der Waals surface area contributed by atoms with Crippen molar-refractivity contribution < 1.29 is 13.2 Å². The molecule has 1 saturated heterocycles. The fraction of sp³-hybridized carbons (Fsp3) is 0.450. The Morgan fingerprint density at radius 3 is 2.48 bits per heavy atom. The number of hydrogen-bond donors (Lipinski definition) is 0. The molecule has 0 radical (unpaired) electrons. The summed E-state index contributed by atoms with van der Waals surface area (Å²) in [6.07, 6.45) is 2.43. The van der Waals surface area contributed by atoms with Crippen molar-refractivity contribution in [1.82, 2.24) is 13.8 Å². The van der Waals surface area contributed by atoms with Gasteiger partial charge in [0, 0.05) is 62.7 Å². The molecule has 2 aliphatic rings. The highest BCUT2D eigenvalue weighted by atomic mass is 35.5. The number of piperazine rings is 1. The molecule has 2 aromatic rings. The molecular formula is C20H25ClN4O3S. The third kappa shape index (κ3) is 3.89. The molecule has 1 aromatic carbocycles. The number of hydrogen-bond acceptors (Lipinski definition) is 4. The van der Waals surface area contributed by atoms with Crippen molar-refractivity contribution >= 4 is 33.2 Å². The zero-order valence-corrected chi connectivity index (χ0v) is 18.0. The molecule has 9 heteroatoms. The maximum Gasteiger partial charge on any atom is 0.270 e. The highest BCUT2D eigenvalue weighted by Crippen LogP contribution is 2.25. The molecular weight excluding hydrogens is 412 g/mol. The number of halogens is 1. The van der Waals surface area contributed by atoms with Crippen LogP contribution in [0.15, 0.2) is 41.4 Å². The summed E-state index contributed by atoms with van der Waals surface area (Å²) in [6.45, 7) is 5.88. The normalized spacial score (nSPS) is 18.6. The Morgan fingerprint density at radius 2 is 1.79 bits per heavy atom. The minimum atomic E-state index is -3.64. The van der Waals surface area contributed by atoms with E-state index in [0.29, 0.717) is 56.5 Å². The Labute approximate surface area is 176 Å². The van der Waals surface area contributed by atoms with Gasteiger partial charge in [-0.2, -0.15) is 4.31 Å². The fourth-order valence-electron chi connectivity index (χ4n) is 3.99. The average molecular weight is 437 g/mol. The number of carbonyl (C=O) groups is 1. The molecule has 156 valence electrons. The van der Waals surface area contributed by atoms with E-state index in [-0.39, 0.29) is 10.8 Å². The van der Waals surface area contributed by atoms with Crippen LogP contribution in [0.1, 0.15) is 23.8 Å². The van der Waals surface area contributed by atoms with Gasteiger partial charge in [-0.05, 0) is 37.6 Å². The standard InChI is InChI=1S/C20H25ClN4O3S/c1-2-22-7-4-8-24-15-18(14-19(24)20(22)26)29(27,28)25-11-9-23(10-12-25)17-6-3-5-16(21)13-17/h3,5-6,13-15H,2,4,7-12H2,1H3. The van der Waals surface area contributed by atoms with Gasteiger partial charge < -0.3 is 14.4 Å². The fourth-order valence-corrected chi connectivity index (χ4v) is 5.64. The van der Waals surface area contributed by atoms with Crippen LogP contribution in [0.4, 0.5) is 5.69 Å². The van der Waals surface area contributed by atoms with Crippen molar-refractivity contribution in [2.75, 3.05) is 44.2 Å². The summed E-state index contributed by atoms with van der Waals surface area (Å²) in [7, 11) is -3.64. The molecule has 29 heavy (non-hydrogen) atoms. The van der Waals surface area contributed by atoms with Crippen molar-refractivity contribution in [3.63, 3.8) is 0 Å². The van der Waals surface area contributed by atoms with Gasteiger partial charge in [0.25, 0.3) is 5.91 Å². The molecule has 3 heterocycles. The van der Waals surface area contributed by atoms with Gasteiger partial charge in [-0.3, -0.25) is 4.79 Å². The van der Waals surface area contributed by atoms with E-state index < -0.39 is 10.0 Å². The Kier molecular flexibility index (Phi) is 5.59. The van der Waals surface area contributed by atoms with Gasteiger partial charge in [-0.1, -0.05) is 17.7 Å². The molecule has 0 unspecified atom stereocenters. The van der Waals surface area contributed by atoms with Crippen molar-refractivity contribution in [2.45, 2.75) is 24.8 Å². The summed E-state index contributed by atoms with van der Waals surface area (Å²) >= 11 is 6.07. The number of aromatic nitrogens is 1. The lowest BCUT2D eigenvalue weighted by Gasteiger charge is -2.35. The second kappa shape index (κ2) is 8.01. The van der Waals surface area contributed by atoms with E-state index in [2.05, 4.69) is 4.90 Å². The van der Waals surface area contributed by atoms with Crippen molar-refractivity contribution in [3.8, 4) is 0 Å². The highest BCUT2D eigenvalue weighted by molar-refractivity contribution is 7.89. The SMILES string of the molecule is CCN1CCCn2cc(S(=O)(=O)N3CCN(c4cccc(Cl)c4)CC3)cc2C1=O. The Hall–Kier alpha value is -2.03. The molecule has 1 aromatic heterocycles. The molecule has 0 saturated carbocycles. The summed E-state index contributed by atoms with van der Waals surface area (Å²) < 4.78 is 29.7. The van der Waals surface area contributed by atoms with E-state index in [4.69, 9.17) is 11.6 Å². The highest BCUT2D eigenvalue weighted by Gasteiger charge is 2.32. The molecule has 0 N–H and O–H groups in total. The molecule has 0 atom stereocenters. The molecule has 1 amide bonds. The quantitative estimate of drug-likeness (QED) is 0.738. The van der Waals surface area contributed by atoms with E-state index in [0.717, 1.165) is 12.1 Å². The first-order valence-electron chi connectivity index (χ1n) is 9.90. The minimum absolute atomic E-state index is 0.0998. The van der Waals surface area contributed by atoms with Gasteiger partial charge in [0.2, 0.25) is 10.0 Å². The van der Waals surface area contributed by atoms with Crippen molar-refractivity contribution in [1.29, 1.82) is 0 Å². The Morgan fingerprint density at radius 1 is 1.03 bits per heavy atom. The second-order valence-corrected chi connectivity index (χ2v) is 9.74. The van der Waals surface area contributed by atoms with Crippen LogP contribution in [0.25, 0.3) is 0 Å². The van der Waals surface area contributed by atoms with Gasteiger partial charge in [0.15, 0.2) is 0 Å². The summed E-state index contributed by atoms with van der Waals surface area (Å²) in [5.41, 5.74) is 1.45. The number of anilines is 1. The van der Waals surface area contributed by atoms with E-state index in [1.807, 2.05) is 31.2 Å². The van der Waals surface area contributed by atoms with Gasteiger partial charge in [0.1, 0.15) is 10.6 Å². The van der Waals surface area contributed by atoms with E-state index in [1.165, 1.54) is 10.4 Å². The van der Waals surface area contributed by atoms with Crippen LogP contribution in [-0.4, -0.2) is 67.4 Å². The van der Waals surface area contributed by atoms with E-state index >= 15 is 0 Å². The Balaban J connectivity index is 1.52. The van der Waals surface area contributed by atoms with Crippen LogP contribution in [0.3, 0.4) is 0 Å². The largest absolute Gasteiger partial charge is 0.369 e. The van der Waals surface area contributed by atoms with E-state index in [9.17, 15) is 13.2 Å². The lowest BCUT2D eigenvalue weighted by molar-refractivity contribution is 0.0766. The molecule has 7 nitrogen and oxygen atoms in total. The summed E-state index contributed by atoms with van der Waals surface area (Å²) in [5, 5.41) is 0.665. The van der Waals surface area contributed by atoms with Crippen LogP contribution < -0.4 is 4.90 Å². The number of benzene rings is 1. The van der Waals surface area contributed by atoms with Crippen molar-refractivity contribution in [3.05, 3.63) is 47.2 Å². The monoisotopic (exact) mass is 436 g/mol. The summed E-state index contributed by atoms with van der Waals surface area (Å²) in [6, 6.07) is 9.12. The number of sulfonamides is 1. The van der Waals surface area contributed by atoms with Gasteiger partial charge in [0.05, 0.1) is 0 Å². The number of aryl methyl sites for hydroxylation is 1. The summed E-state index contributed by atoms with van der Waals surface area (Å²) in [5.74, 6) is -0.0998. The lowest BCUT2D eigenvalue weighted by Crippen LogP contribution is -2.48. The Bertz CT molecular complexity index is 1010. The predicted molar refractivity (Wildman–Crippen MR) is 113 cm³/mol. The summed E-state index contributed by atoms with van der Waals surface area (Å²) in [4.78, 5) is 16.8. The second-order valence-electron chi connectivity index (χ2n) is 7.36. The van der Waals surface area contributed by atoms with Crippen LogP contribution in [0, 0.1) is 0 Å². The molecule has 0 aliphatic carbocycles. The molecule has 0 bridgehead atoms. The minimum Gasteiger partial charge on any atom is -0.369 e. The third-order valence-corrected chi connectivity index (χ3v) is 7.74. The predicted octanol–water partition coefficient (Wildman–Crippen LogP) is 2.52. The molecule has 1 fully saturated rings. The van der Waals surface area contributed by atoms with E-state index in [1.54, 1.807) is 15.7 Å². The first kappa shape index (κ1) is 20.3. The number of fused-ring (bicyclic) bond motifs is 1.